The molecule has 1 aromatic carbocycles. The van der Waals surface area contributed by atoms with Gasteiger partial charge in [-0.15, -0.1) is 0 Å². The lowest BCUT2D eigenvalue weighted by molar-refractivity contribution is 0.270. The van der Waals surface area contributed by atoms with Crippen molar-refractivity contribution in [3.05, 3.63) is 60.4 Å². The van der Waals surface area contributed by atoms with Crippen molar-refractivity contribution in [1.29, 1.82) is 0 Å². The molecule has 1 fully saturated rings. The number of anilines is 1. The van der Waals surface area contributed by atoms with Crippen molar-refractivity contribution in [1.82, 2.24) is 4.98 Å². The van der Waals surface area contributed by atoms with E-state index in [0.717, 1.165) is 5.90 Å². The summed E-state index contributed by atoms with van der Waals surface area (Å²) >= 11 is 0. The third-order valence-corrected chi connectivity index (χ3v) is 4.68. The lowest BCUT2D eigenvalue weighted by Gasteiger charge is -2.12. The summed E-state index contributed by atoms with van der Waals surface area (Å²) < 4.78 is 5.99. The molecule has 3 heterocycles. The monoisotopic (exact) mass is 307 g/mol. The minimum atomic E-state index is -0.240. The van der Waals surface area contributed by atoms with Crippen LogP contribution in [0.2, 0.25) is 0 Å². The van der Waals surface area contributed by atoms with E-state index in [0.29, 0.717) is 6.61 Å². The molecule has 4 rings (SSSR count). The third-order valence-electron chi connectivity index (χ3n) is 4.68. The minimum Gasteiger partial charge on any atom is -0.477 e. The predicted octanol–water partition coefficient (Wildman–Crippen LogP) is 3.61. The van der Waals surface area contributed by atoms with Gasteiger partial charge in [-0.05, 0) is 50.6 Å². The zero-order chi connectivity index (χ0) is 16.1. The molecule has 0 saturated carbocycles. The highest BCUT2D eigenvalue weighted by molar-refractivity contribution is 5.98. The average molecular weight is 307 g/mol. The number of hydrogen-bond acceptors (Lipinski definition) is 4. The molecule has 1 saturated heterocycles. The van der Waals surface area contributed by atoms with E-state index in [4.69, 9.17) is 9.73 Å². The molecule has 0 unspecified atom stereocenters. The maximum atomic E-state index is 5.99. The van der Waals surface area contributed by atoms with Gasteiger partial charge in [0.15, 0.2) is 0 Å². The van der Waals surface area contributed by atoms with Crippen LogP contribution in [0.4, 0.5) is 5.69 Å². The minimum absolute atomic E-state index is 0.147. The van der Waals surface area contributed by atoms with E-state index < -0.39 is 0 Å². The Morgan fingerprint density at radius 1 is 1.04 bits per heavy atom. The molecule has 118 valence electrons. The first-order valence-electron chi connectivity index (χ1n) is 8.00. The van der Waals surface area contributed by atoms with Gasteiger partial charge in [0, 0.05) is 18.1 Å². The van der Waals surface area contributed by atoms with Crippen LogP contribution in [0.25, 0.3) is 0 Å². The maximum Gasteiger partial charge on any atom is 0.213 e. The smallest absolute Gasteiger partial charge is 0.213 e. The first-order valence-corrected chi connectivity index (χ1v) is 8.00. The van der Waals surface area contributed by atoms with Gasteiger partial charge < -0.3 is 9.64 Å². The van der Waals surface area contributed by atoms with Crippen molar-refractivity contribution in [3.63, 3.8) is 0 Å². The zero-order valence-electron chi connectivity index (χ0n) is 13.7. The lowest BCUT2D eigenvalue weighted by Crippen LogP contribution is -2.26. The van der Waals surface area contributed by atoms with Crippen molar-refractivity contribution in [2.24, 2.45) is 4.99 Å². The molecule has 1 aromatic heterocycles. The summed E-state index contributed by atoms with van der Waals surface area (Å²) in [5.41, 5.74) is 2.04. The molecule has 0 radical (unpaired) electrons. The van der Waals surface area contributed by atoms with Gasteiger partial charge in [0.25, 0.3) is 0 Å². The number of nitrogens with zero attached hydrogens (tertiary/aromatic N) is 3. The number of pyridine rings is 1. The molecule has 4 heteroatoms. The Labute approximate surface area is 136 Å². The van der Waals surface area contributed by atoms with E-state index >= 15 is 0 Å². The largest absolute Gasteiger partial charge is 0.477 e. The highest BCUT2D eigenvalue weighted by Crippen LogP contribution is 2.57. The van der Waals surface area contributed by atoms with Gasteiger partial charge in [-0.2, -0.15) is 0 Å². The van der Waals surface area contributed by atoms with E-state index in [1.165, 1.54) is 11.3 Å². The highest BCUT2D eigenvalue weighted by Gasteiger charge is 2.65. The van der Waals surface area contributed by atoms with Crippen LogP contribution in [0, 0.1) is 0 Å². The third kappa shape index (κ3) is 2.21. The molecular formula is C19H21N3O. The molecule has 2 aromatic rings. The predicted molar refractivity (Wildman–Crippen MR) is 91.8 cm³/mol. The number of para-hydroxylation sites is 1. The van der Waals surface area contributed by atoms with Crippen LogP contribution in [0.3, 0.4) is 0 Å². The number of aliphatic imine (C=N–C) groups is 1. The Balaban J connectivity index is 1.77. The quantitative estimate of drug-likeness (QED) is 0.813. The number of hydrogen-bond donors (Lipinski definition) is 0. The summed E-state index contributed by atoms with van der Waals surface area (Å²) in [6.45, 7) is 7.08. The summed E-state index contributed by atoms with van der Waals surface area (Å²) in [7, 11) is 0. The van der Waals surface area contributed by atoms with E-state index in [1.54, 1.807) is 0 Å². The van der Waals surface area contributed by atoms with E-state index in [-0.39, 0.29) is 17.1 Å². The molecule has 23 heavy (non-hydrogen) atoms. The fraction of sp³-hybridized carbons (Fsp3) is 0.368. The van der Waals surface area contributed by atoms with Crippen molar-refractivity contribution in [3.8, 4) is 0 Å². The van der Waals surface area contributed by atoms with Gasteiger partial charge >= 0.3 is 0 Å². The summed E-state index contributed by atoms with van der Waals surface area (Å²) in [4.78, 5) is 11.4. The molecule has 4 nitrogen and oxygen atoms in total. The normalized spacial score (nSPS) is 28.2. The molecule has 0 aliphatic carbocycles. The summed E-state index contributed by atoms with van der Waals surface area (Å²) in [5, 5.41) is 0. The van der Waals surface area contributed by atoms with E-state index in [1.807, 2.05) is 18.5 Å². The van der Waals surface area contributed by atoms with Crippen molar-refractivity contribution >= 4 is 11.6 Å². The second-order valence-corrected chi connectivity index (χ2v) is 7.05. The Kier molecular flexibility index (Phi) is 2.98. The first-order chi connectivity index (χ1) is 11.0. The average Bonchev–Trinajstić information content (AvgIpc) is 3.03. The van der Waals surface area contributed by atoms with Crippen LogP contribution in [-0.2, 0) is 4.74 Å². The van der Waals surface area contributed by atoms with Crippen LogP contribution in [0.1, 0.15) is 32.4 Å². The van der Waals surface area contributed by atoms with Crippen LogP contribution >= 0.6 is 0 Å². The van der Waals surface area contributed by atoms with Gasteiger partial charge in [0.05, 0.1) is 11.6 Å². The van der Waals surface area contributed by atoms with E-state index in [2.05, 4.69) is 67.1 Å². The summed E-state index contributed by atoms with van der Waals surface area (Å²) in [6.07, 6.45) is 3.69. The number of rotatable bonds is 3. The fourth-order valence-electron chi connectivity index (χ4n) is 3.48. The van der Waals surface area contributed by atoms with Crippen LogP contribution in [-0.4, -0.2) is 28.6 Å². The van der Waals surface area contributed by atoms with Gasteiger partial charge in [-0.25, -0.2) is 4.99 Å². The number of benzene rings is 1. The second-order valence-electron chi connectivity index (χ2n) is 7.05. The fourth-order valence-corrected chi connectivity index (χ4v) is 3.48. The molecule has 2 aliphatic rings. The van der Waals surface area contributed by atoms with Gasteiger partial charge in [-0.1, -0.05) is 18.2 Å². The molecule has 0 amide bonds. The molecule has 0 N–H and O–H groups in total. The molecular weight excluding hydrogens is 286 g/mol. The zero-order valence-corrected chi connectivity index (χ0v) is 13.7. The molecule has 2 aliphatic heterocycles. The lowest BCUT2D eigenvalue weighted by atomic mass is 10.0. The van der Waals surface area contributed by atoms with Gasteiger partial charge in [-0.3, -0.25) is 4.98 Å². The van der Waals surface area contributed by atoms with Gasteiger partial charge in [0.1, 0.15) is 12.1 Å². The Hall–Kier alpha value is -2.36. The Morgan fingerprint density at radius 2 is 1.74 bits per heavy atom. The summed E-state index contributed by atoms with van der Waals surface area (Å²) in [5.74, 6) is 0.841. The second kappa shape index (κ2) is 4.82. The molecule has 2 atom stereocenters. The SMILES string of the molecule is CC1(C)COC([C@@]2(C)[C@@H](c3ccncc3)N2c2ccccc2)=N1. The van der Waals surface area contributed by atoms with Gasteiger partial charge in [0.2, 0.25) is 5.90 Å². The maximum absolute atomic E-state index is 5.99. The molecule has 0 bridgehead atoms. The number of aromatic nitrogens is 1. The highest BCUT2D eigenvalue weighted by atomic mass is 16.5. The Bertz CT molecular complexity index is 694. The van der Waals surface area contributed by atoms with Crippen LogP contribution < -0.4 is 4.90 Å². The first kappa shape index (κ1) is 14.2. The van der Waals surface area contributed by atoms with Crippen LogP contribution in [0.15, 0.2) is 59.9 Å². The van der Waals surface area contributed by atoms with Crippen molar-refractivity contribution in [2.45, 2.75) is 37.9 Å². The standard InChI is InChI=1S/C19H21N3O/c1-18(2)13-23-17(21-18)19(3)16(14-9-11-20-12-10-14)22(19)15-7-5-4-6-8-15/h4-12,16H,13H2,1-3H3/t16-,19-,22?/m1/s1. The molecule has 0 spiro atoms. The van der Waals surface area contributed by atoms with Crippen LogP contribution in [0.5, 0.6) is 0 Å². The summed E-state index contributed by atoms with van der Waals surface area (Å²) in [6, 6.07) is 14.8. The Morgan fingerprint density at radius 3 is 2.35 bits per heavy atom. The van der Waals surface area contributed by atoms with Crippen molar-refractivity contribution in [2.75, 3.05) is 11.5 Å². The van der Waals surface area contributed by atoms with E-state index in [9.17, 15) is 0 Å². The van der Waals surface area contributed by atoms with Crippen molar-refractivity contribution < 1.29 is 4.74 Å². The topological polar surface area (TPSA) is 37.5 Å². The number of ether oxygens (including phenoxy) is 1.